The van der Waals surface area contributed by atoms with Gasteiger partial charge < -0.3 is 4.74 Å². The van der Waals surface area contributed by atoms with E-state index in [0.717, 1.165) is 22.4 Å². The molecule has 2 aromatic carbocycles. The van der Waals surface area contributed by atoms with Gasteiger partial charge in [-0.2, -0.15) is 0 Å². The van der Waals surface area contributed by atoms with Crippen LogP contribution in [0.1, 0.15) is 49.4 Å². The molecule has 1 N–H and O–H groups in total. The van der Waals surface area contributed by atoms with Crippen molar-refractivity contribution in [1.82, 2.24) is 4.72 Å². The summed E-state index contributed by atoms with van der Waals surface area (Å²) in [4.78, 5) is 0.270. The second-order valence-corrected chi connectivity index (χ2v) is 7.98. The summed E-state index contributed by atoms with van der Waals surface area (Å²) >= 11 is 0. The Morgan fingerprint density at radius 2 is 1.62 bits per heavy atom. The lowest BCUT2D eigenvalue weighted by atomic mass is 9.94. The number of aryl methyl sites for hydroxylation is 1. The third-order valence-corrected chi connectivity index (χ3v) is 5.65. The Kier molecular flexibility index (Phi) is 5.67. The van der Waals surface area contributed by atoms with Gasteiger partial charge in [0.05, 0.1) is 12.0 Å². The van der Waals surface area contributed by atoms with Gasteiger partial charge in [-0.1, -0.05) is 32.0 Å². The van der Waals surface area contributed by atoms with E-state index in [1.54, 1.807) is 37.4 Å². The van der Waals surface area contributed by atoms with Crippen molar-refractivity contribution in [3.05, 3.63) is 59.2 Å². The fraction of sp³-hybridized carbons (Fsp3) is 0.368. The van der Waals surface area contributed by atoms with Gasteiger partial charge in [-0.3, -0.25) is 0 Å². The molecule has 0 bridgehead atoms. The van der Waals surface area contributed by atoms with E-state index in [1.807, 2.05) is 26.0 Å². The lowest BCUT2D eigenvalue weighted by Gasteiger charge is -2.21. The summed E-state index contributed by atoms with van der Waals surface area (Å²) in [5, 5.41) is 0. The quantitative estimate of drug-likeness (QED) is 0.853. The van der Waals surface area contributed by atoms with Crippen molar-refractivity contribution >= 4 is 10.0 Å². The molecule has 0 fully saturated rings. The minimum absolute atomic E-state index is 0.270. The fourth-order valence-corrected chi connectivity index (χ4v) is 4.02. The molecule has 0 unspecified atom stereocenters. The van der Waals surface area contributed by atoms with Gasteiger partial charge in [0, 0.05) is 6.04 Å². The van der Waals surface area contributed by atoms with Crippen molar-refractivity contribution in [3.63, 3.8) is 0 Å². The van der Waals surface area contributed by atoms with E-state index in [1.165, 1.54) is 0 Å². The highest BCUT2D eigenvalue weighted by atomic mass is 32.2. The highest BCUT2D eigenvalue weighted by Crippen LogP contribution is 2.32. The predicted molar refractivity (Wildman–Crippen MR) is 97.0 cm³/mol. The van der Waals surface area contributed by atoms with Crippen LogP contribution in [0.25, 0.3) is 0 Å². The number of hydrogen-bond donors (Lipinski definition) is 1. The molecule has 0 spiro atoms. The van der Waals surface area contributed by atoms with Crippen LogP contribution in [0.3, 0.4) is 0 Å². The van der Waals surface area contributed by atoms with Gasteiger partial charge in [0.1, 0.15) is 5.75 Å². The van der Waals surface area contributed by atoms with Crippen LogP contribution in [-0.2, 0) is 10.0 Å². The maximum atomic E-state index is 12.5. The second kappa shape index (κ2) is 7.36. The first-order valence-corrected chi connectivity index (χ1v) is 9.50. The molecule has 4 nitrogen and oxygen atoms in total. The van der Waals surface area contributed by atoms with Crippen LogP contribution in [0.5, 0.6) is 5.75 Å². The first-order valence-electron chi connectivity index (χ1n) is 8.02. The van der Waals surface area contributed by atoms with Gasteiger partial charge >= 0.3 is 0 Å². The predicted octanol–water partition coefficient (Wildman–Crippen LogP) is 4.17. The van der Waals surface area contributed by atoms with Crippen molar-refractivity contribution in [2.24, 2.45) is 0 Å². The Bertz CT molecular complexity index is 799. The monoisotopic (exact) mass is 347 g/mol. The minimum Gasteiger partial charge on any atom is -0.496 e. The molecule has 0 saturated heterocycles. The molecule has 0 aliphatic carbocycles. The molecule has 0 amide bonds. The Labute approximate surface area is 144 Å². The van der Waals surface area contributed by atoms with Crippen LogP contribution in [0.2, 0.25) is 0 Å². The molecule has 24 heavy (non-hydrogen) atoms. The molecule has 1 atom stereocenters. The van der Waals surface area contributed by atoms with E-state index < -0.39 is 10.0 Å². The van der Waals surface area contributed by atoms with Gasteiger partial charge in [-0.25, -0.2) is 13.1 Å². The third kappa shape index (κ3) is 3.97. The first kappa shape index (κ1) is 18.5. The number of sulfonamides is 1. The molecule has 130 valence electrons. The molecule has 0 aliphatic rings. The Hall–Kier alpha value is -1.85. The molecule has 0 aromatic heterocycles. The van der Waals surface area contributed by atoms with Crippen LogP contribution < -0.4 is 9.46 Å². The smallest absolute Gasteiger partial charge is 0.241 e. The molecular formula is C19H25NO3S. The molecule has 0 heterocycles. The van der Waals surface area contributed by atoms with E-state index in [2.05, 4.69) is 18.6 Å². The van der Waals surface area contributed by atoms with Crippen LogP contribution in [0.4, 0.5) is 0 Å². The van der Waals surface area contributed by atoms with Crippen molar-refractivity contribution in [2.75, 3.05) is 7.11 Å². The zero-order valence-corrected chi connectivity index (χ0v) is 15.6. The number of hydrogen-bond acceptors (Lipinski definition) is 3. The van der Waals surface area contributed by atoms with Gasteiger partial charge in [0.2, 0.25) is 10.0 Å². The number of nitrogens with one attached hydrogen (secondary N) is 1. The normalized spacial score (nSPS) is 13.1. The van der Waals surface area contributed by atoms with Crippen LogP contribution in [-0.4, -0.2) is 15.5 Å². The lowest BCUT2D eigenvalue weighted by Crippen LogP contribution is -2.27. The Balaban J connectivity index is 2.36. The van der Waals surface area contributed by atoms with Gasteiger partial charge in [-0.15, -0.1) is 0 Å². The largest absolute Gasteiger partial charge is 0.496 e. The van der Waals surface area contributed by atoms with Crippen LogP contribution in [0.15, 0.2) is 47.4 Å². The number of rotatable bonds is 6. The average Bonchev–Trinajstić information content (AvgIpc) is 2.54. The van der Waals surface area contributed by atoms with E-state index in [4.69, 9.17) is 4.74 Å². The Morgan fingerprint density at radius 1 is 1.00 bits per heavy atom. The van der Waals surface area contributed by atoms with Gasteiger partial charge in [0.15, 0.2) is 0 Å². The summed E-state index contributed by atoms with van der Waals surface area (Å²) in [7, 11) is -1.90. The van der Waals surface area contributed by atoms with E-state index in [9.17, 15) is 8.42 Å². The number of ether oxygens (including phenoxy) is 1. The minimum atomic E-state index is -3.55. The number of methoxy groups -OCH3 is 1. The van der Waals surface area contributed by atoms with E-state index in [0.29, 0.717) is 0 Å². The second-order valence-electron chi connectivity index (χ2n) is 6.26. The lowest BCUT2D eigenvalue weighted by molar-refractivity contribution is 0.406. The number of benzene rings is 2. The average molecular weight is 347 g/mol. The van der Waals surface area contributed by atoms with Crippen molar-refractivity contribution in [1.29, 1.82) is 0 Å². The summed E-state index contributed by atoms with van der Waals surface area (Å²) in [5.74, 6) is 1.13. The maximum Gasteiger partial charge on any atom is 0.241 e. The van der Waals surface area contributed by atoms with E-state index in [-0.39, 0.29) is 16.9 Å². The zero-order valence-electron chi connectivity index (χ0n) is 14.8. The Morgan fingerprint density at radius 3 is 2.17 bits per heavy atom. The molecule has 0 aliphatic heterocycles. The molecule has 0 saturated carbocycles. The van der Waals surface area contributed by atoms with Crippen molar-refractivity contribution in [3.8, 4) is 5.75 Å². The van der Waals surface area contributed by atoms with Crippen molar-refractivity contribution < 1.29 is 13.2 Å². The fourth-order valence-electron chi connectivity index (χ4n) is 2.77. The summed E-state index contributed by atoms with van der Waals surface area (Å²) in [6.07, 6.45) is 0. The van der Waals surface area contributed by atoms with Crippen LogP contribution in [0, 0.1) is 6.92 Å². The topological polar surface area (TPSA) is 55.4 Å². The summed E-state index contributed by atoms with van der Waals surface area (Å²) in [5.41, 5.74) is 3.03. The van der Waals surface area contributed by atoms with E-state index >= 15 is 0 Å². The first-order chi connectivity index (χ1) is 11.3. The maximum absolute atomic E-state index is 12.5. The molecule has 2 rings (SSSR count). The highest BCUT2D eigenvalue weighted by molar-refractivity contribution is 7.89. The van der Waals surface area contributed by atoms with Crippen molar-refractivity contribution in [2.45, 2.75) is 44.6 Å². The summed E-state index contributed by atoms with van der Waals surface area (Å²) in [6.45, 7) is 8.01. The molecule has 5 heteroatoms. The van der Waals surface area contributed by atoms with Gasteiger partial charge in [0.25, 0.3) is 0 Å². The summed E-state index contributed by atoms with van der Waals surface area (Å²) in [6, 6.07) is 12.1. The third-order valence-electron chi connectivity index (χ3n) is 4.09. The standard InChI is InChI=1S/C19H25NO3S/c1-13(2)17-12-18(14(3)11-19(17)23-5)15(4)20-24(21,22)16-9-7-6-8-10-16/h6-13,15,20H,1-5H3/t15-/m1/s1. The molecule has 0 radical (unpaired) electrons. The van der Waals surface area contributed by atoms with Crippen LogP contribution >= 0.6 is 0 Å². The molecule has 2 aromatic rings. The zero-order chi connectivity index (χ0) is 17.9. The summed E-state index contributed by atoms with van der Waals surface area (Å²) < 4.78 is 33.3. The SMILES string of the molecule is COc1cc(C)c([C@@H](C)NS(=O)(=O)c2ccccc2)cc1C(C)C. The highest BCUT2D eigenvalue weighted by Gasteiger charge is 2.21. The van der Waals surface area contributed by atoms with Gasteiger partial charge in [-0.05, 0) is 60.7 Å². The molecular weight excluding hydrogens is 322 g/mol.